The fourth-order valence-electron chi connectivity index (χ4n) is 3.20. The first-order valence-corrected chi connectivity index (χ1v) is 10.9. The number of aromatic nitrogens is 1. The summed E-state index contributed by atoms with van der Waals surface area (Å²) in [6.07, 6.45) is 3.23. The number of likely N-dealkylation sites (N-methyl/N-ethyl adjacent to an activating group) is 1. The Morgan fingerprint density at radius 1 is 1.41 bits per heavy atom. The fraction of sp³-hybridized carbons (Fsp3) is 0.524. The molecule has 0 aromatic carbocycles. The van der Waals surface area contributed by atoms with E-state index in [0.717, 1.165) is 56.5 Å². The van der Waals surface area contributed by atoms with Crippen molar-refractivity contribution in [1.29, 1.82) is 0 Å². The lowest BCUT2D eigenvalue weighted by Gasteiger charge is -2.32. The van der Waals surface area contributed by atoms with Crippen molar-refractivity contribution in [3.8, 4) is 0 Å². The van der Waals surface area contributed by atoms with Gasteiger partial charge in [-0.2, -0.15) is 0 Å². The van der Waals surface area contributed by atoms with Crippen LogP contribution in [0, 0.1) is 0 Å². The number of aliphatic imine (C=N–C) groups is 1. The van der Waals surface area contributed by atoms with Crippen LogP contribution < -0.4 is 10.2 Å². The molecule has 1 atom stereocenters. The summed E-state index contributed by atoms with van der Waals surface area (Å²) >= 11 is 1.81. The van der Waals surface area contributed by atoms with Crippen LogP contribution >= 0.6 is 35.3 Å². The SMILES string of the molecule is CCNC(=NCc1ccc(N2CCOC(C)C2)nc1)N(C)CCc1cccs1.I. The molecule has 0 aliphatic carbocycles. The molecule has 0 saturated carbocycles. The Hall–Kier alpha value is -1.39. The van der Waals surface area contributed by atoms with Crippen LogP contribution in [0.25, 0.3) is 0 Å². The molecule has 1 fully saturated rings. The van der Waals surface area contributed by atoms with E-state index < -0.39 is 0 Å². The Kier molecular flexibility index (Phi) is 10.2. The molecule has 1 N–H and O–H groups in total. The molecule has 0 amide bonds. The number of hydrogen-bond donors (Lipinski definition) is 1. The summed E-state index contributed by atoms with van der Waals surface area (Å²) in [7, 11) is 2.09. The molecule has 3 rings (SSSR count). The van der Waals surface area contributed by atoms with Crippen molar-refractivity contribution in [3.05, 3.63) is 46.3 Å². The molecule has 2 aromatic rings. The molecule has 0 radical (unpaired) electrons. The van der Waals surface area contributed by atoms with Crippen molar-refractivity contribution in [3.63, 3.8) is 0 Å². The van der Waals surface area contributed by atoms with Crippen molar-refractivity contribution >= 4 is 47.1 Å². The lowest BCUT2D eigenvalue weighted by atomic mass is 10.2. The molecule has 1 unspecified atom stereocenters. The third kappa shape index (κ3) is 7.42. The zero-order valence-electron chi connectivity index (χ0n) is 17.5. The van der Waals surface area contributed by atoms with Gasteiger partial charge in [0.2, 0.25) is 0 Å². The standard InChI is InChI=1S/C21H31N5OS.HI/c1-4-22-21(25(3)10-9-19-6-5-13-28-19)24-15-18-7-8-20(23-14-18)26-11-12-27-17(2)16-26;/h5-8,13-14,17H,4,9-12,15-16H2,1-3H3,(H,22,24);1H. The summed E-state index contributed by atoms with van der Waals surface area (Å²) in [5.41, 5.74) is 1.12. The maximum Gasteiger partial charge on any atom is 0.193 e. The number of halogens is 1. The average molecular weight is 529 g/mol. The minimum absolute atomic E-state index is 0. The van der Waals surface area contributed by atoms with Crippen LogP contribution in [-0.2, 0) is 17.7 Å². The molecular formula is C21H32IN5OS. The van der Waals surface area contributed by atoms with E-state index in [-0.39, 0.29) is 30.1 Å². The van der Waals surface area contributed by atoms with E-state index >= 15 is 0 Å². The van der Waals surface area contributed by atoms with Gasteiger partial charge in [0, 0.05) is 44.3 Å². The van der Waals surface area contributed by atoms with E-state index in [2.05, 4.69) is 70.6 Å². The van der Waals surface area contributed by atoms with Gasteiger partial charge in [-0.1, -0.05) is 12.1 Å². The molecule has 1 aliphatic rings. The lowest BCUT2D eigenvalue weighted by Crippen LogP contribution is -2.41. The Morgan fingerprint density at radius 3 is 2.93 bits per heavy atom. The number of nitrogens with zero attached hydrogens (tertiary/aromatic N) is 4. The smallest absolute Gasteiger partial charge is 0.193 e. The van der Waals surface area contributed by atoms with E-state index in [9.17, 15) is 0 Å². The van der Waals surface area contributed by atoms with Crippen molar-refractivity contribution in [2.45, 2.75) is 32.9 Å². The first-order chi connectivity index (χ1) is 13.7. The van der Waals surface area contributed by atoms with Crippen LogP contribution in [0.4, 0.5) is 5.82 Å². The molecule has 160 valence electrons. The van der Waals surface area contributed by atoms with E-state index in [1.807, 2.05) is 6.20 Å². The number of morpholine rings is 1. The molecule has 0 spiro atoms. The summed E-state index contributed by atoms with van der Waals surface area (Å²) in [5.74, 6) is 1.95. The highest BCUT2D eigenvalue weighted by atomic mass is 127. The van der Waals surface area contributed by atoms with Gasteiger partial charge in [-0.15, -0.1) is 35.3 Å². The Balaban J connectivity index is 0.00000300. The Labute approximate surface area is 195 Å². The second-order valence-electron chi connectivity index (χ2n) is 7.07. The summed E-state index contributed by atoms with van der Waals surface area (Å²) in [4.78, 5) is 15.3. The Morgan fingerprint density at radius 2 is 2.28 bits per heavy atom. The highest BCUT2D eigenvalue weighted by molar-refractivity contribution is 14.0. The zero-order valence-corrected chi connectivity index (χ0v) is 20.7. The highest BCUT2D eigenvalue weighted by Crippen LogP contribution is 2.16. The lowest BCUT2D eigenvalue weighted by molar-refractivity contribution is 0.0529. The Bertz CT molecular complexity index is 738. The fourth-order valence-corrected chi connectivity index (χ4v) is 3.90. The number of thiophene rings is 1. The van der Waals surface area contributed by atoms with Crippen LogP contribution in [-0.4, -0.2) is 61.8 Å². The molecular weight excluding hydrogens is 497 g/mol. The maximum absolute atomic E-state index is 5.61. The predicted molar refractivity (Wildman–Crippen MR) is 133 cm³/mol. The zero-order chi connectivity index (χ0) is 19.8. The van der Waals surface area contributed by atoms with E-state index in [1.165, 1.54) is 4.88 Å². The van der Waals surface area contributed by atoms with Crippen LogP contribution in [0.1, 0.15) is 24.3 Å². The minimum Gasteiger partial charge on any atom is -0.375 e. The normalized spacial score (nSPS) is 17.0. The largest absolute Gasteiger partial charge is 0.375 e. The van der Waals surface area contributed by atoms with Gasteiger partial charge >= 0.3 is 0 Å². The molecule has 1 aliphatic heterocycles. The van der Waals surface area contributed by atoms with Crippen molar-refractivity contribution in [2.75, 3.05) is 44.7 Å². The number of ether oxygens (including phenoxy) is 1. The summed E-state index contributed by atoms with van der Waals surface area (Å²) in [6, 6.07) is 8.51. The molecule has 2 aromatic heterocycles. The van der Waals surface area contributed by atoms with Gasteiger partial charge in [0.1, 0.15) is 5.82 Å². The molecule has 1 saturated heterocycles. The van der Waals surface area contributed by atoms with Gasteiger partial charge in [0.05, 0.1) is 19.3 Å². The highest BCUT2D eigenvalue weighted by Gasteiger charge is 2.17. The van der Waals surface area contributed by atoms with Crippen molar-refractivity contribution in [1.82, 2.24) is 15.2 Å². The number of hydrogen-bond acceptors (Lipinski definition) is 5. The van der Waals surface area contributed by atoms with Crippen LogP contribution in [0.15, 0.2) is 40.8 Å². The van der Waals surface area contributed by atoms with Gasteiger partial charge in [-0.25, -0.2) is 9.98 Å². The quantitative estimate of drug-likeness (QED) is 0.338. The number of anilines is 1. The molecule has 3 heterocycles. The summed E-state index contributed by atoms with van der Waals surface area (Å²) in [6.45, 7) is 9.18. The molecule has 6 nitrogen and oxygen atoms in total. The molecule has 29 heavy (non-hydrogen) atoms. The third-order valence-corrected chi connectivity index (χ3v) is 5.69. The van der Waals surface area contributed by atoms with Crippen LogP contribution in [0.3, 0.4) is 0 Å². The molecule has 0 bridgehead atoms. The second kappa shape index (κ2) is 12.3. The molecule has 8 heteroatoms. The summed E-state index contributed by atoms with van der Waals surface area (Å²) in [5, 5.41) is 5.52. The second-order valence-corrected chi connectivity index (χ2v) is 8.11. The van der Waals surface area contributed by atoms with E-state index in [0.29, 0.717) is 6.54 Å². The third-order valence-electron chi connectivity index (χ3n) is 4.76. The topological polar surface area (TPSA) is 53.0 Å². The van der Waals surface area contributed by atoms with Gasteiger partial charge in [-0.3, -0.25) is 0 Å². The first kappa shape index (κ1) is 23.9. The van der Waals surface area contributed by atoms with E-state index in [1.54, 1.807) is 11.3 Å². The maximum atomic E-state index is 5.61. The predicted octanol–water partition coefficient (Wildman–Crippen LogP) is 3.63. The van der Waals surface area contributed by atoms with Crippen molar-refractivity contribution in [2.24, 2.45) is 4.99 Å². The number of rotatable bonds is 7. The monoisotopic (exact) mass is 529 g/mol. The average Bonchev–Trinajstić information content (AvgIpc) is 3.23. The summed E-state index contributed by atoms with van der Waals surface area (Å²) < 4.78 is 5.61. The first-order valence-electron chi connectivity index (χ1n) is 9.99. The van der Waals surface area contributed by atoms with Gasteiger partial charge in [0.25, 0.3) is 0 Å². The van der Waals surface area contributed by atoms with Crippen molar-refractivity contribution < 1.29 is 4.74 Å². The minimum atomic E-state index is 0. The number of nitrogens with one attached hydrogen (secondary N) is 1. The number of pyridine rings is 1. The number of guanidine groups is 1. The van der Waals surface area contributed by atoms with Crippen LogP contribution in [0.2, 0.25) is 0 Å². The van der Waals surface area contributed by atoms with Crippen LogP contribution in [0.5, 0.6) is 0 Å². The van der Waals surface area contributed by atoms with Gasteiger partial charge in [0.15, 0.2) is 5.96 Å². The van der Waals surface area contributed by atoms with E-state index in [4.69, 9.17) is 9.73 Å². The van der Waals surface area contributed by atoms with Gasteiger partial charge in [-0.05, 0) is 43.3 Å². The van der Waals surface area contributed by atoms with Gasteiger partial charge < -0.3 is 19.9 Å².